The van der Waals surface area contributed by atoms with E-state index in [2.05, 4.69) is 11.9 Å². The quantitative estimate of drug-likeness (QED) is 0.622. The first-order valence-corrected chi connectivity index (χ1v) is 4.77. The van der Waals surface area contributed by atoms with Crippen LogP contribution in [0.5, 0.6) is 0 Å². The summed E-state index contributed by atoms with van der Waals surface area (Å²) in [5.41, 5.74) is 5.65. The molecule has 0 aromatic rings. The van der Waals surface area contributed by atoms with Crippen molar-refractivity contribution >= 4 is 0 Å². The number of aliphatic hydroxyl groups excluding tert-OH is 1. The summed E-state index contributed by atoms with van der Waals surface area (Å²) in [7, 11) is 2.15. The van der Waals surface area contributed by atoms with E-state index < -0.39 is 0 Å². The van der Waals surface area contributed by atoms with Gasteiger partial charge in [-0.05, 0) is 44.8 Å². The molecule has 2 atom stereocenters. The molecular weight excluding hydrogens is 152 g/mol. The zero-order valence-electron chi connectivity index (χ0n) is 7.87. The Morgan fingerprint density at radius 1 is 1.67 bits per heavy atom. The highest BCUT2D eigenvalue weighted by molar-refractivity contribution is 4.79. The van der Waals surface area contributed by atoms with Crippen molar-refractivity contribution in [2.45, 2.75) is 12.8 Å². The van der Waals surface area contributed by atoms with Crippen molar-refractivity contribution in [3.63, 3.8) is 0 Å². The molecule has 1 aliphatic heterocycles. The Morgan fingerprint density at radius 3 is 2.83 bits per heavy atom. The first-order valence-electron chi connectivity index (χ1n) is 4.77. The Bertz CT molecular complexity index is 128. The largest absolute Gasteiger partial charge is 0.396 e. The van der Waals surface area contributed by atoms with E-state index in [1.807, 2.05) is 0 Å². The second-order valence-electron chi connectivity index (χ2n) is 3.82. The van der Waals surface area contributed by atoms with Gasteiger partial charge in [0.1, 0.15) is 0 Å². The van der Waals surface area contributed by atoms with E-state index in [9.17, 15) is 0 Å². The minimum atomic E-state index is 0.280. The highest BCUT2D eigenvalue weighted by Crippen LogP contribution is 2.24. The molecule has 2 unspecified atom stereocenters. The molecule has 3 N–H and O–H groups in total. The average molecular weight is 172 g/mol. The van der Waals surface area contributed by atoms with Gasteiger partial charge in [0.25, 0.3) is 0 Å². The number of aliphatic hydroxyl groups is 1. The maximum atomic E-state index is 8.82. The van der Waals surface area contributed by atoms with Crippen LogP contribution >= 0.6 is 0 Å². The molecule has 1 saturated heterocycles. The molecule has 0 saturated carbocycles. The number of likely N-dealkylation sites (tertiary alicyclic amines) is 1. The highest BCUT2D eigenvalue weighted by Gasteiger charge is 2.26. The molecule has 1 rings (SSSR count). The Labute approximate surface area is 74.5 Å². The summed E-state index contributed by atoms with van der Waals surface area (Å²) in [5, 5.41) is 8.82. The van der Waals surface area contributed by atoms with Crippen molar-refractivity contribution in [1.82, 2.24) is 4.90 Å². The van der Waals surface area contributed by atoms with Crippen LogP contribution in [-0.2, 0) is 0 Å². The third kappa shape index (κ3) is 2.44. The van der Waals surface area contributed by atoms with Crippen LogP contribution in [-0.4, -0.2) is 43.3 Å². The van der Waals surface area contributed by atoms with Crippen molar-refractivity contribution < 1.29 is 5.11 Å². The fourth-order valence-electron chi connectivity index (χ4n) is 2.07. The Hall–Kier alpha value is -0.120. The first kappa shape index (κ1) is 9.96. The number of hydrogen-bond donors (Lipinski definition) is 2. The van der Waals surface area contributed by atoms with Crippen molar-refractivity contribution in [2.75, 3.05) is 33.3 Å². The van der Waals surface area contributed by atoms with Gasteiger partial charge in [-0.1, -0.05) is 0 Å². The third-order valence-electron chi connectivity index (χ3n) is 2.90. The second kappa shape index (κ2) is 4.80. The fraction of sp³-hybridized carbons (Fsp3) is 1.00. The number of hydrogen-bond acceptors (Lipinski definition) is 3. The van der Waals surface area contributed by atoms with Gasteiger partial charge in [0.2, 0.25) is 0 Å². The molecular formula is C9H20N2O. The smallest absolute Gasteiger partial charge is 0.0434 e. The van der Waals surface area contributed by atoms with Crippen LogP contribution < -0.4 is 5.73 Å². The summed E-state index contributed by atoms with van der Waals surface area (Å²) in [6.07, 6.45) is 2.12. The lowest BCUT2D eigenvalue weighted by atomic mass is 9.89. The van der Waals surface area contributed by atoms with Crippen molar-refractivity contribution in [3.05, 3.63) is 0 Å². The predicted molar refractivity (Wildman–Crippen MR) is 49.9 cm³/mol. The van der Waals surface area contributed by atoms with Gasteiger partial charge in [0, 0.05) is 13.2 Å². The summed E-state index contributed by atoms with van der Waals surface area (Å²) < 4.78 is 0. The van der Waals surface area contributed by atoms with Crippen molar-refractivity contribution in [1.29, 1.82) is 0 Å². The van der Waals surface area contributed by atoms with Crippen molar-refractivity contribution in [2.24, 2.45) is 17.6 Å². The van der Waals surface area contributed by atoms with Gasteiger partial charge >= 0.3 is 0 Å². The topological polar surface area (TPSA) is 49.5 Å². The molecule has 0 aromatic carbocycles. The summed E-state index contributed by atoms with van der Waals surface area (Å²) >= 11 is 0. The molecule has 3 nitrogen and oxygen atoms in total. The molecule has 1 heterocycles. The lowest BCUT2D eigenvalue weighted by molar-refractivity contribution is 0.222. The average Bonchev–Trinajstić information content (AvgIpc) is 2.47. The molecule has 0 spiro atoms. The zero-order valence-corrected chi connectivity index (χ0v) is 7.87. The molecule has 1 fully saturated rings. The van der Waals surface area contributed by atoms with Crippen LogP contribution in [0.4, 0.5) is 0 Å². The van der Waals surface area contributed by atoms with Crippen LogP contribution in [0.15, 0.2) is 0 Å². The fourth-order valence-corrected chi connectivity index (χ4v) is 2.07. The molecule has 0 amide bonds. The first-order chi connectivity index (χ1) is 5.77. The minimum Gasteiger partial charge on any atom is -0.396 e. The summed E-state index contributed by atoms with van der Waals surface area (Å²) in [6, 6.07) is 0. The van der Waals surface area contributed by atoms with E-state index in [1.165, 1.54) is 13.0 Å². The van der Waals surface area contributed by atoms with Crippen LogP contribution in [0.1, 0.15) is 12.8 Å². The van der Waals surface area contributed by atoms with Gasteiger partial charge in [0.05, 0.1) is 0 Å². The van der Waals surface area contributed by atoms with E-state index in [0.29, 0.717) is 11.8 Å². The molecule has 0 aromatic heterocycles. The third-order valence-corrected chi connectivity index (χ3v) is 2.90. The summed E-state index contributed by atoms with van der Waals surface area (Å²) in [5.74, 6) is 1.24. The molecule has 72 valence electrons. The predicted octanol–water partition coefficient (Wildman–Crippen LogP) is -0.105. The van der Waals surface area contributed by atoms with Crippen LogP contribution in [0.2, 0.25) is 0 Å². The highest BCUT2D eigenvalue weighted by atomic mass is 16.3. The van der Waals surface area contributed by atoms with Gasteiger partial charge < -0.3 is 15.7 Å². The lowest BCUT2D eigenvalue weighted by Crippen LogP contribution is -2.26. The molecule has 1 aliphatic rings. The molecule has 0 bridgehead atoms. The van der Waals surface area contributed by atoms with Gasteiger partial charge in [0.15, 0.2) is 0 Å². The second-order valence-corrected chi connectivity index (χ2v) is 3.82. The molecule has 3 heteroatoms. The Balaban J connectivity index is 2.33. The summed E-state index contributed by atoms with van der Waals surface area (Å²) in [6.45, 7) is 3.34. The number of nitrogens with two attached hydrogens (primary N) is 1. The SMILES string of the molecule is CN1CCC(C(CN)CCO)C1. The van der Waals surface area contributed by atoms with E-state index in [1.54, 1.807) is 0 Å². The van der Waals surface area contributed by atoms with E-state index in [0.717, 1.165) is 19.5 Å². The molecule has 12 heavy (non-hydrogen) atoms. The van der Waals surface area contributed by atoms with E-state index in [4.69, 9.17) is 10.8 Å². The number of nitrogens with zero attached hydrogens (tertiary/aromatic N) is 1. The Kier molecular flexibility index (Phi) is 3.98. The normalized spacial score (nSPS) is 27.8. The summed E-state index contributed by atoms with van der Waals surface area (Å²) in [4.78, 5) is 2.34. The van der Waals surface area contributed by atoms with Gasteiger partial charge in [-0.15, -0.1) is 0 Å². The van der Waals surface area contributed by atoms with Gasteiger partial charge in [-0.25, -0.2) is 0 Å². The monoisotopic (exact) mass is 172 g/mol. The van der Waals surface area contributed by atoms with Gasteiger partial charge in [-0.3, -0.25) is 0 Å². The maximum absolute atomic E-state index is 8.82. The molecule has 0 aliphatic carbocycles. The van der Waals surface area contributed by atoms with Crippen molar-refractivity contribution in [3.8, 4) is 0 Å². The van der Waals surface area contributed by atoms with Gasteiger partial charge in [-0.2, -0.15) is 0 Å². The minimum absolute atomic E-state index is 0.280. The maximum Gasteiger partial charge on any atom is 0.0434 e. The van der Waals surface area contributed by atoms with Crippen LogP contribution in [0.25, 0.3) is 0 Å². The zero-order chi connectivity index (χ0) is 8.97. The standard InChI is InChI=1S/C9H20N2O/c1-11-4-2-9(7-11)8(6-10)3-5-12/h8-9,12H,2-7,10H2,1H3. The van der Waals surface area contributed by atoms with Crippen LogP contribution in [0, 0.1) is 11.8 Å². The Morgan fingerprint density at radius 2 is 2.42 bits per heavy atom. The van der Waals surface area contributed by atoms with Crippen LogP contribution in [0.3, 0.4) is 0 Å². The lowest BCUT2D eigenvalue weighted by Gasteiger charge is -2.20. The van der Waals surface area contributed by atoms with E-state index >= 15 is 0 Å². The molecule has 0 radical (unpaired) electrons. The number of rotatable bonds is 4. The van der Waals surface area contributed by atoms with E-state index in [-0.39, 0.29) is 6.61 Å².